The summed E-state index contributed by atoms with van der Waals surface area (Å²) in [5, 5.41) is 12.6. The zero-order valence-corrected chi connectivity index (χ0v) is 13.4. The van der Waals surface area contributed by atoms with E-state index >= 15 is 0 Å². The zero-order valence-electron chi connectivity index (χ0n) is 12.6. The van der Waals surface area contributed by atoms with Gasteiger partial charge in [0.25, 0.3) is 5.91 Å². The van der Waals surface area contributed by atoms with Gasteiger partial charge in [-0.3, -0.25) is 9.59 Å². The van der Waals surface area contributed by atoms with Crippen LogP contribution in [-0.4, -0.2) is 23.2 Å². The first-order chi connectivity index (χ1) is 11.4. The van der Waals surface area contributed by atoms with Crippen LogP contribution in [0.1, 0.15) is 28.8 Å². The topological polar surface area (TPSA) is 66.4 Å². The van der Waals surface area contributed by atoms with E-state index in [0.717, 1.165) is 0 Å². The Bertz CT molecular complexity index is 785. The average Bonchev–Trinajstić information content (AvgIpc) is 2.52. The van der Waals surface area contributed by atoms with Gasteiger partial charge >= 0.3 is 5.97 Å². The molecule has 0 spiro atoms. The van der Waals surface area contributed by atoms with E-state index in [4.69, 9.17) is 11.6 Å². The lowest BCUT2D eigenvalue weighted by atomic mass is 9.63. The number of aliphatic carboxylic acids is 1. The molecule has 1 fully saturated rings. The molecular formula is C18H15ClFNO3. The summed E-state index contributed by atoms with van der Waals surface area (Å²) in [5.41, 5.74) is 0.340. The van der Waals surface area contributed by atoms with E-state index in [-0.39, 0.29) is 18.7 Å². The SMILES string of the molecule is O=C(Nc1ccc(C2(C(=O)O)CC(F)C2)cc1)c1cccc(Cl)c1. The number of carbonyl (C=O) groups excluding carboxylic acids is 1. The van der Waals surface area contributed by atoms with Crippen molar-refractivity contribution in [3.8, 4) is 0 Å². The molecule has 2 aromatic carbocycles. The predicted molar refractivity (Wildman–Crippen MR) is 89.3 cm³/mol. The molecule has 2 N–H and O–H groups in total. The number of carbonyl (C=O) groups is 2. The van der Waals surface area contributed by atoms with Crippen LogP contribution in [0.5, 0.6) is 0 Å². The highest BCUT2D eigenvalue weighted by molar-refractivity contribution is 6.31. The van der Waals surface area contributed by atoms with Crippen LogP contribution in [0, 0.1) is 0 Å². The Hall–Kier alpha value is -2.40. The Morgan fingerprint density at radius 2 is 1.83 bits per heavy atom. The predicted octanol–water partition coefficient (Wildman–Crippen LogP) is 4.05. The largest absolute Gasteiger partial charge is 0.481 e. The molecule has 124 valence electrons. The van der Waals surface area contributed by atoms with Crippen LogP contribution in [0.2, 0.25) is 5.02 Å². The smallest absolute Gasteiger partial charge is 0.314 e. The van der Waals surface area contributed by atoms with Gasteiger partial charge in [-0.25, -0.2) is 4.39 Å². The van der Waals surface area contributed by atoms with Crippen molar-refractivity contribution in [2.45, 2.75) is 24.4 Å². The van der Waals surface area contributed by atoms with Crippen molar-refractivity contribution in [2.24, 2.45) is 0 Å². The molecule has 0 aliphatic heterocycles. The molecule has 4 nitrogen and oxygen atoms in total. The van der Waals surface area contributed by atoms with E-state index in [9.17, 15) is 19.1 Å². The molecule has 0 saturated heterocycles. The number of alkyl halides is 1. The number of carboxylic acid groups (broad SMARTS) is 1. The highest BCUT2D eigenvalue weighted by Gasteiger charge is 2.52. The molecule has 0 unspecified atom stereocenters. The van der Waals surface area contributed by atoms with E-state index in [1.165, 1.54) is 0 Å². The third-order valence-electron chi connectivity index (χ3n) is 4.33. The fourth-order valence-electron chi connectivity index (χ4n) is 2.94. The van der Waals surface area contributed by atoms with Crippen LogP contribution in [0.15, 0.2) is 48.5 Å². The summed E-state index contributed by atoms with van der Waals surface area (Å²) in [6, 6.07) is 13.0. The Kier molecular flexibility index (Phi) is 4.28. The van der Waals surface area contributed by atoms with Crippen LogP contribution in [0.4, 0.5) is 10.1 Å². The molecule has 0 heterocycles. The van der Waals surface area contributed by atoms with Gasteiger partial charge in [-0.05, 0) is 48.7 Å². The first kappa shape index (κ1) is 16.5. The zero-order chi connectivity index (χ0) is 17.3. The minimum Gasteiger partial charge on any atom is -0.481 e. The van der Waals surface area contributed by atoms with E-state index in [0.29, 0.717) is 21.8 Å². The van der Waals surface area contributed by atoms with Gasteiger partial charge in [0.1, 0.15) is 6.17 Å². The van der Waals surface area contributed by atoms with Crippen LogP contribution in [-0.2, 0) is 10.2 Å². The fourth-order valence-corrected chi connectivity index (χ4v) is 3.13. The number of anilines is 1. The lowest BCUT2D eigenvalue weighted by molar-refractivity contribution is -0.150. The first-order valence-corrected chi connectivity index (χ1v) is 7.83. The second-order valence-corrected chi connectivity index (χ2v) is 6.37. The molecule has 0 aromatic heterocycles. The summed E-state index contributed by atoms with van der Waals surface area (Å²) in [5.74, 6) is -1.34. The van der Waals surface area contributed by atoms with Crippen molar-refractivity contribution in [2.75, 3.05) is 5.32 Å². The van der Waals surface area contributed by atoms with Gasteiger partial charge < -0.3 is 10.4 Å². The van der Waals surface area contributed by atoms with E-state index in [1.807, 2.05) is 0 Å². The van der Waals surface area contributed by atoms with Gasteiger partial charge in [0, 0.05) is 16.3 Å². The van der Waals surface area contributed by atoms with E-state index in [2.05, 4.69) is 5.32 Å². The van der Waals surface area contributed by atoms with Crippen LogP contribution in [0.25, 0.3) is 0 Å². The normalized spacial score (nSPS) is 22.5. The lowest BCUT2D eigenvalue weighted by Gasteiger charge is -2.40. The van der Waals surface area contributed by atoms with Crippen molar-refractivity contribution in [1.29, 1.82) is 0 Å². The van der Waals surface area contributed by atoms with Crippen molar-refractivity contribution in [3.63, 3.8) is 0 Å². The molecule has 0 bridgehead atoms. The van der Waals surface area contributed by atoms with E-state index < -0.39 is 17.6 Å². The van der Waals surface area contributed by atoms with Gasteiger partial charge in [-0.15, -0.1) is 0 Å². The maximum absolute atomic E-state index is 13.2. The standard InChI is InChI=1S/C18H15ClFNO3/c19-13-3-1-2-11(8-13)16(22)21-15-6-4-12(5-7-15)18(17(23)24)9-14(20)10-18/h1-8,14H,9-10H2,(H,21,22)(H,23,24). The van der Waals surface area contributed by atoms with Crippen LogP contribution >= 0.6 is 11.6 Å². The third kappa shape index (κ3) is 2.99. The number of halogens is 2. The molecule has 1 amide bonds. The average molecular weight is 348 g/mol. The quantitative estimate of drug-likeness (QED) is 0.877. The van der Waals surface area contributed by atoms with Crippen molar-refractivity contribution >= 4 is 29.2 Å². The molecule has 0 radical (unpaired) electrons. The Morgan fingerprint density at radius 1 is 1.17 bits per heavy atom. The summed E-state index contributed by atoms with van der Waals surface area (Å²) in [6.45, 7) is 0. The van der Waals surface area contributed by atoms with Crippen molar-refractivity contribution < 1.29 is 19.1 Å². The number of amides is 1. The molecule has 3 rings (SSSR count). The molecule has 1 aliphatic carbocycles. The van der Waals surface area contributed by atoms with Crippen LogP contribution < -0.4 is 5.32 Å². The second kappa shape index (κ2) is 6.24. The minimum absolute atomic E-state index is 0.0173. The van der Waals surface area contributed by atoms with Crippen molar-refractivity contribution in [3.05, 3.63) is 64.7 Å². The van der Waals surface area contributed by atoms with Gasteiger partial charge in [0.05, 0.1) is 5.41 Å². The summed E-state index contributed by atoms with van der Waals surface area (Å²) in [7, 11) is 0. The van der Waals surface area contributed by atoms with Gasteiger partial charge in [0.2, 0.25) is 0 Å². The monoisotopic (exact) mass is 347 g/mol. The number of nitrogens with one attached hydrogen (secondary N) is 1. The van der Waals surface area contributed by atoms with Crippen molar-refractivity contribution in [1.82, 2.24) is 0 Å². The molecule has 1 aliphatic rings. The molecular weight excluding hydrogens is 333 g/mol. The van der Waals surface area contributed by atoms with Gasteiger partial charge in [-0.1, -0.05) is 29.8 Å². The maximum Gasteiger partial charge on any atom is 0.314 e. The fraction of sp³-hybridized carbons (Fsp3) is 0.222. The summed E-state index contributed by atoms with van der Waals surface area (Å²) < 4.78 is 13.2. The first-order valence-electron chi connectivity index (χ1n) is 7.46. The van der Waals surface area contributed by atoms with Gasteiger partial charge in [-0.2, -0.15) is 0 Å². The summed E-state index contributed by atoms with van der Waals surface area (Å²) in [4.78, 5) is 23.6. The highest BCUT2D eigenvalue weighted by Crippen LogP contribution is 2.46. The number of hydrogen-bond acceptors (Lipinski definition) is 2. The third-order valence-corrected chi connectivity index (χ3v) is 4.57. The lowest BCUT2D eigenvalue weighted by Crippen LogP contribution is -2.48. The van der Waals surface area contributed by atoms with E-state index in [1.54, 1.807) is 48.5 Å². The maximum atomic E-state index is 13.2. The Labute approximate surface area is 143 Å². The number of benzene rings is 2. The number of hydrogen-bond donors (Lipinski definition) is 2. The number of carboxylic acids is 1. The second-order valence-electron chi connectivity index (χ2n) is 5.93. The van der Waals surface area contributed by atoms with Crippen LogP contribution in [0.3, 0.4) is 0 Å². The molecule has 1 saturated carbocycles. The molecule has 2 aromatic rings. The summed E-state index contributed by atoms with van der Waals surface area (Å²) in [6.07, 6.45) is -1.11. The summed E-state index contributed by atoms with van der Waals surface area (Å²) >= 11 is 5.86. The number of rotatable bonds is 4. The molecule has 6 heteroatoms. The molecule has 0 atom stereocenters. The minimum atomic E-state index is -1.16. The highest BCUT2D eigenvalue weighted by atomic mass is 35.5. The Balaban J connectivity index is 1.75. The Morgan fingerprint density at radius 3 is 2.38 bits per heavy atom. The molecule has 24 heavy (non-hydrogen) atoms. The van der Waals surface area contributed by atoms with Gasteiger partial charge in [0.15, 0.2) is 0 Å².